The van der Waals surface area contributed by atoms with E-state index in [9.17, 15) is 13.6 Å². The van der Waals surface area contributed by atoms with Crippen LogP contribution in [0.25, 0.3) is 11.3 Å². The summed E-state index contributed by atoms with van der Waals surface area (Å²) in [5.41, 5.74) is 0.179. The molecule has 0 radical (unpaired) electrons. The molecule has 1 N–H and O–H groups in total. The van der Waals surface area contributed by atoms with E-state index in [2.05, 4.69) is 15.4 Å². The lowest BCUT2D eigenvalue weighted by molar-refractivity contribution is 0.0886. The highest BCUT2D eigenvalue weighted by atomic mass is 19.1. The summed E-state index contributed by atoms with van der Waals surface area (Å²) in [6.07, 6.45) is 5.88. The molecule has 1 saturated carbocycles. The van der Waals surface area contributed by atoms with E-state index in [1.807, 2.05) is 0 Å². The van der Waals surface area contributed by atoms with E-state index >= 15 is 0 Å². The third kappa shape index (κ3) is 4.18. The van der Waals surface area contributed by atoms with Gasteiger partial charge in [0.05, 0.1) is 5.56 Å². The fraction of sp³-hybridized carbons (Fsp3) is 0.500. The smallest absolute Gasteiger partial charge is 0.273 e. The fourth-order valence-electron chi connectivity index (χ4n) is 3.76. The summed E-state index contributed by atoms with van der Waals surface area (Å²) in [6, 6.07) is 4.67. The van der Waals surface area contributed by atoms with Crippen molar-refractivity contribution in [1.82, 2.24) is 15.4 Å². The van der Waals surface area contributed by atoms with Gasteiger partial charge in [-0.2, -0.15) is 0 Å². The van der Waals surface area contributed by atoms with Crippen LogP contribution in [0.1, 0.15) is 42.6 Å². The average molecular weight is 375 g/mol. The summed E-state index contributed by atoms with van der Waals surface area (Å²) in [4.78, 5) is 14.9. The molecule has 0 unspecified atom stereocenters. The number of nitrogens with one attached hydrogen (secondary N) is 1. The summed E-state index contributed by atoms with van der Waals surface area (Å²) in [7, 11) is 0. The minimum absolute atomic E-state index is 0.0762. The largest absolute Gasteiger partial charge is 0.355 e. The highest BCUT2D eigenvalue weighted by Gasteiger charge is 2.26. The molecule has 0 spiro atoms. The molecule has 1 aliphatic heterocycles. The number of hydrogen-bond donors (Lipinski definition) is 1. The summed E-state index contributed by atoms with van der Waals surface area (Å²) >= 11 is 0. The number of benzene rings is 1. The number of carbonyl (C=O) groups excluding carboxylic acids is 1. The maximum atomic E-state index is 13.8. The lowest BCUT2D eigenvalue weighted by atomic mass is 9.84. The van der Waals surface area contributed by atoms with E-state index in [0.717, 1.165) is 44.0 Å². The zero-order valence-electron chi connectivity index (χ0n) is 15.1. The first-order chi connectivity index (χ1) is 13.1. The van der Waals surface area contributed by atoms with Crippen LogP contribution in [0, 0.1) is 17.6 Å². The molecule has 1 aromatic heterocycles. The van der Waals surface area contributed by atoms with E-state index < -0.39 is 11.6 Å². The molecule has 1 aromatic carbocycles. The van der Waals surface area contributed by atoms with E-state index in [1.165, 1.54) is 37.9 Å². The van der Waals surface area contributed by atoms with Crippen molar-refractivity contribution in [3.8, 4) is 11.3 Å². The second kappa shape index (κ2) is 7.76. The number of amides is 1. The Hall–Kier alpha value is -2.28. The van der Waals surface area contributed by atoms with Crippen LogP contribution in [0.15, 0.2) is 28.8 Å². The number of likely N-dealkylation sites (tertiary alicyclic amines) is 1. The normalized spacial score (nSPS) is 19.0. The van der Waals surface area contributed by atoms with Gasteiger partial charge in [0.25, 0.3) is 5.91 Å². The number of halogens is 2. The summed E-state index contributed by atoms with van der Waals surface area (Å²) in [6.45, 7) is 3.16. The minimum Gasteiger partial charge on any atom is -0.355 e. The third-order valence-electron chi connectivity index (χ3n) is 5.60. The summed E-state index contributed by atoms with van der Waals surface area (Å²) in [5.74, 6) is -0.788. The molecule has 4 rings (SSSR count). The van der Waals surface area contributed by atoms with Gasteiger partial charge in [0, 0.05) is 37.8 Å². The van der Waals surface area contributed by atoms with Crippen LogP contribution in [-0.2, 0) is 0 Å². The van der Waals surface area contributed by atoms with Crippen molar-refractivity contribution in [2.45, 2.75) is 38.1 Å². The maximum Gasteiger partial charge on any atom is 0.273 e. The number of nitrogens with zero attached hydrogens (tertiary/aromatic N) is 2. The van der Waals surface area contributed by atoms with Crippen LogP contribution in [0.5, 0.6) is 0 Å². The van der Waals surface area contributed by atoms with Crippen LogP contribution >= 0.6 is 0 Å². The predicted molar refractivity (Wildman–Crippen MR) is 96.1 cm³/mol. The van der Waals surface area contributed by atoms with Gasteiger partial charge in [-0.15, -0.1) is 0 Å². The first-order valence-electron chi connectivity index (χ1n) is 9.54. The Bertz CT molecular complexity index is 811. The van der Waals surface area contributed by atoms with E-state index in [4.69, 9.17) is 4.52 Å². The molecule has 1 amide bonds. The quantitative estimate of drug-likeness (QED) is 0.867. The molecule has 1 saturated heterocycles. The van der Waals surface area contributed by atoms with E-state index in [0.29, 0.717) is 0 Å². The Labute approximate surface area is 156 Å². The molecular weight excluding hydrogens is 352 g/mol. The lowest BCUT2D eigenvalue weighted by Gasteiger charge is -2.37. The maximum absolute atomic E-state index is 13.8. The van der Waals surface area contributed by atoms with Gasteiger partial charge < -0.3 is 14.7 Å². The van der Waals surface area contributed by atoms with Crippen molar-refractivity contribution in [1.29, 1.82) is 0 Å². The van der Waals surface area contributed by atoms with Crippen molar-refractivity contribution in [2.24, 2.45) is 5.92 Å². The van der Waals surface area contributed by atoms with Crippen molar-refractivity contribution < 1.29 is 18.1 Å². The Morgan fingerprint density at radius 2 is 1.96 bits per heavy atom. The summed E-state index contributed by atoms with van der Waals surface area (Å²) < 4.78 is 31.9. The van der Waals surface area contributed by atoms with Gasteiger partial charge in [0.1, 0.15) is 11.6 Å². The average Bonchev–Trinajstić information content (AvgIpc) is 3.09. The Morgan fingerprint density at radius 1 is 1.19 bits per heavy atom. The van der Waals surface area contributed by atoms with E-state index in [1.54, 1.807) is 0 Å². The molecule has 2 aliphatic rings. The van der Waals surface area contributed by atoms with Gasteiger partial charge in [-0.3, -0.25) is 4.79 Å². The minimum atomic E-state index is -0.753. The van der Waals surface area contributed by atoms with Gasteiger partial charge in [-0.05, 0) is 43.7 Å². The van der Waals surface area contributed by atoms with Crippen LogP contribution < -0.4 is 5.32 Å². The lowest BCUT2D eigenvalue weighted by Crippen LogP contribution is -2.46. The van der Waals surface area contributed by atoms with Crippen LogP contribution in [0.3, 0.4) is 0 Å². The summed E-state index contributed by atoms with van der Waals surface area (Å²) in [5, 5.41) is 6.72. The van der Waals surface area contributed by atoms with Crippen molar-refractivity contribution >= 4 is 5.91 Å². The van der Waals surface area contributed by atoms with Crippen LogP contribution in [-0.4, -0.2) is 41.6 Å². The standard InChI is InChI=1S/C20H23F2N3O2/c21-14-4-5-16(17(22)10-14)19-11-18(24-27-19)20(26)23-15-6-8-25(9-7-15)12-13-2-1-3-13/h4-5,10-11,13,15H,1-3,6-9,12H2,(H,23,26). The molecule has 2 fully saturated rings. The monoisotopic (exact) mass is 375 g/mol. The van der Waals surface area contributed by atoms with E-state index in [-0.39, 0.29) is 29.0 Å². The number of carbonyl (C=O) groups is 1. The van der Waals surface area contributed by atoms with Crippen LogP contribution in [0.2, 0.25) is 0 Å². The zero-order chi connectivity index (χ0) is 18.8. The topological polar surface area (TPSA) is 58.4 Å². The van der Waals surface area contributed by atoms with Gasteiger partial charge >= 0.3 is 0 Å². The number of piperidine rings is 1. The molecule has 0 bridgehead atoms. The second-order valence-electron chi connectivity index (χ2n) is 7.55. The van der Waals surface area contributed by atoms with Crippen molar-refractivity contribution in [3.63, 3.8) is 0 Å². The fourth-order valence-corrected chi connectivity index (χ4v) is 3.76. The van der Waals surface area contributed by atoms with Gasteiger partial charge in [-0.1, -0.05) is 11.6 Å². The molecule has 2 aromatic rings. The highest BCUT2D eigenvalue weighted by molar-refractivity contribution is 5.93. The number of rotatable bonds is 5. The van der Waals surface area contributed by atoms with Crippen molar-refractivity contribution in [2.75, 3.05) is 19.6 Å². The molecule has 27 heavy (non-hydrogen) atoms. The zero-order valence-corrected chi connectivity index (χ0v) is 15.1. The third-order valence-corrected chi connectivity index (χ3v) is 5.60. The molecular formula is C20H23F2N3O2. The number of aromatic nitrogens is 1. The molecule has 7 heteroatoms. The van der Waals surface area contributed by atoms with Gasteiger partial charge in [0.15, 0.2) is 11.5 Å². The predicted octanol–water partition coefficient (Wildman–Crippen LogP) is 3.61. The SMILES string of the molecule is O=C(NC1CCN(CC2CCC2)CC1)c1cc(-c2ccc(F)cc2F)on1. The highest BCUT2D eigenvalue weighted by Crippen LogP contribution is 2.28. The first kappa shape index (κ1) is 18.1. The van der Waals surface area contributed by atoms with Crippen LogP contribution in [0.4, 0.5) is 8.78 Å². The molecule has 1 aliphatic carbocycles. The van der Waals surface area contributed by atoms with Crippen molar-refractivity contribution in [3.05, 3.63) is 41.6 Å². The first-order valence-corrected chi connectivity index (χ1v) is 9.54. The molecule has 2 heterocycles. The Kier molecular flexibility index (Phi) is 5.20. The second-order valence-corrected chi connectivity index (χ2v) is 7.55. The Balaban J connectivity index is 1.32. The molecule has 0 atom stereocenters. The van der Waals surface area contributed by atoms with Gasteiger partial charge in [0.2, 0.25) is 0 Å². The van der Waals surface area contributed by atoms with Gasteiger partial charge in [-0.25, -0.2) is 8.78 Å². The molecule has 5 nitrogen and oxygen atoms in total. The number of hydrogen-bond acceptors (Lipinski definition) is 4. The molecule has 144 valence electrons. The Morgan fingerprint density at radius 3 is 2.63 bits per heavy atom.